The lowest BCUT2D eigenvalue weighted by Crippen LogP contribution is -2.25. The SMILES string of the molecule is CCOC(=O)c1ccccc1Cn1nc(-c2ccccc2)c(CC(=O)OC(C)(C)C)c1C. The quantitative estimate of drug-likeness (QED) is 0.491. The van der Waals surface area contributed by atoms with E-state index in [9.17, 15) is 9.59 Å². The molecule has 0 N–H and O–H groups in total. The van der Waals surface area contributed by atoms with Crippen molar-refractivity contribution in [2.45, 2.75) is 53.2 Å². The van der Waals surface area contributed by atoms with Crippen molar-refractivity contribution < 1.29 is 19.1 Å². The Kier molecular flexibility index (Phi) is 7.13. The van der Waals surface area contributed by atoms with Gasteiger partial charge in [0.05, 0.1) is 30.8 Å². The molecule has 2 aromatic carbocycles. The molecule has 0 saturated carbocycles. The summed E-state index contributed by atoms with van der Waals surface area (Å²) in [7, 11) is 0. The molecule has 6 heteroatoms. The number of nitrogens with zero attached hydrogens (tertiary/aromatic N) is 2. The molecule has 0 aliphatic rings. The standard InChI is InChI=1S/C26H30N2O4/c1-6-31-25(30)21-15-11-10-14-20(21)17-28-18(2)22(16-23(29)32-26(3,4)5)24(27-28)19-12-8-7-9-13-19/h7-15H,6,16-17H2,1-5H3. The van der Waals surface area contributed by atoms with Gasteiger partial charge >= 0.3 is 11.9 Å². The number of hydrogen-bond acceptors (Lipinski definition) is 5. The molecule has 1 heterocycles. The minimum atomic E-state index is -0.563. The number of hydrogen-bond donors (Lipinski definition) is 0. The van der Waals surface area contributed by atoms with E-state index in [0.717, 1.165) is 28.1 Å². The van der Waals surface area contributed by atoms with Crippen LogP contribution in [0, 0.1) is 6.92 Å². The fourth-order valence-electron chi connectivity index (χ4n) is 3.53. The van der Waals surface area contributed by atoms with Gasteiger partial charge < -0.3 is 9.47 Å². The summed E-state index contributed by atoms with van der Waals surface area (Å²) in [6, 6.07) is 17.1. The minimum Gasteiger partial charge on any atom is -0.462 e. The highest BCUT2D eigenvalue weighted by Crippen LogP contribution is 2.27. The molecular weight excluding hydrogens is 404 g/mol. The van der Waals surface area contributed by atoms with Crippen molar-refractivity contribution in [3.05, 3.63) is 77.0 Å². The molecule has 0 saturated heterocycles. The molecule has 0 radical (unpaired) electrons. The molecule has 0 unspecified atom stereocenters. The predicted molar refractivity (Wildman–Crippen MR) is 123 cm³/mol. The molecule has 0 aliphatic carbocycles. The van der Waals surface area contributed by atoms with Crippen molar-refractivity contribution in [2.75, 3.05) is 6.61 Å². The van der Waals surface area contributed by atoms with E-state index in [0.29, 0.717) is 18.7 Å². The summed E-state index contributed by atoms with van der Waals surface area (Å²) < 4.78 is 12.6. The number of benzene rings is 2. The summed E-state index contributed by atoms with van der Waals surface area (Å²) >= 11 is 0. The lowest BCUT2D eigenvalue weighted by molar-refractivity contribution is -0.153. The number of rotatable bonds is 7. The minimum absolute atomic E-state index is 0.118. The Labute approximate surface area is 189 Å². The van der Waals surface area contributed by atoms with Gasteiger partial charge in [0.2, 0.25) is 0 Å². The van der Waals surface area contributed by atoms with Crippen LogP contribution in [-0.2, 0) is 27.2 Å². The molecule has 1 aromatic heterocycles. The topological polar surface area (TPSA) is 70.4 Å². The van der Waals surface area contributed by atoms with Gasteiger partial charge in [-0.05, 0) is 46.2 Å². The largest absolute Gasteiger partial charge is 0.462 e. The van der Waals surface area contributed by atoms with E-state index in [1.54, 1.807) is 13.0 Å². The second kappa shape index (κ2) is 9.81. The van der Waals surface area contributed by atoms with Crippen molar-refractivity contribution in [1.29, 1.82) is 0 Å². The monoisotopic (exact) mass is 434 g/mol. The zero-order valence-corrected chi connectivity index (χ0v) is 19.3. The summed E-state index contributed by atoms with van der Waals surface area (Å²) in [4.78, 5) is 25.0. The normalized spacial score (nSPS) is 11.3. The zero-order valence-electron chi connectivity index (χ0n) is 19.3. The molecule has 6 nitrogen and oxygen atoms in total. The van der Waals surface area contributed by atoms with Crippen LogP contribution < -0.4 is 0 Å². The Morgan fingerprint density at radius 1 is 1.00 bits per heavy atom. The highest BCUT2D eigenvalue weighted by molar-refractivity contribution is 5.91. The van der Waals surface area contributed by atoms with Gasteiger partial charge in [-0.1, -0.05) is 48.5 Å². The van der Waals surface area contributed by atoms with Crippen LogP contribution in [0.2, 0.25) is 0 Å². The van der Waals surface area contributed by atoms with E-state index in [2.05, 4.69) is 0 Å². The fraction of sp³-hybridized carbons (Fsp3) is 0.346. The summed E-state index contributed by atoms with van der Waals surface area (Å²) in [5, 5.41) is 4.83. The van der Waals surface area contributed by atoms with Crippen molar-refractivity contribution in [1.82, 2.24) is 9.78 Å². The lowest BCUT2D eigenvalue weighted by Gasteiger charge is -2.19. The molecule has 0 bridgehead atoms. The maximum absolute atomic E-state index is 12.6. The first kappa shape index (κ1) is 23.3. The van der Waals surface area contributed by atoms with E-state index < -0.39 is 5.60 Å². The van der Waals surface area contributed by atoms with Gasteiger partial charge in [0.15, 0.2) is 0 Å². The van der Waals surface area contributed by atoms with E-state index in [4.69, 9.17) is 14.6 Å². The number of carbonyl (C=O) groups is 2. The number of ether oxygens (including phenoxy) is 2. The van der Waals surface area contributed by atoms with Crippen LogP contribution in [0.3, 0.4) is 0 Å². The molecule has 3 rings (SSSR count). The summed E-state index contributed by atoms with van der Waals surface area (Å²) in [6.07, 6.45) is 0.118. The maximum Gasteiger partial charge on any atom is 0.338 e. The van der Waals surface area contributed by atoms with E-state index in [-0.39, 0.29) is 18.4 Å². The van der Waals surface area contributed by atoms with E-state index >= 15 is 0 Å². The smallest absolute Gasteiger partial charge is 0.338 e. The number of esters is 2. The average molecular weight is 435 g/mol. The Bertz CT molecular complexity index is 1090. The summed E-state index contributed by atoms with van der Waals surface area (Å²) in [5.41, 5.74) is 4.09. The highest BCUT2D eigenvalue weighted by atomic mass is 16.6. The first-order chi connectivity index (χ1) is 15.2. The van der Waals surface area contributed by atoms with Crippen LogP contribution in [-0.4, -0.2) is 33.9 Å². The predicted octanol–water partition coefficient (Wildman–Crippen LogP) is 4.97. The number of carbonyl (C=O) groups excluding carboxylic acids is 2. The second-order valence-electron chi connectivity index (χ2n) is 8.58. The zero-order chi connectivity index (χ0) is 23.3. The van der Waals surface area contributed by atoms with Crippen LogP contribution in [0.4, 0.5) is 0 Å². The third-order valence-corrected chi connectivity index (χ3v) is 4.95. The van der Waals surface area contributed by atoms with Crippen LogP contribution in [0.25, 0.3) is 11.3 Å². The molecule has 0 aliphatic heterocycles. The molecule has 0 fully saturated rings. The molecule has 0 atom stereocenters. The molecule has 168 valence electrons. The summed E-state index contributed by atoms with van der Waals surface area (Å²) in [6.45, 7) is 9.98. The lowest BCUT2D eigenvalue weighted by atomic mass is 10.0. The van der Waals surface area contributed by atoms with E-state index in [1.807, 2.05) is 80.9 Å². The maximum atomic E-state index is 12.6. The van der Waals surface area contributed by atoms with Crippen molar-refractivity contribution in [3.8, 4) is 11.3 Å². The van der Waals surface area contributed by atoms with Crippen LogP contribution in [0.1, 0.15) is 54.9 Å². The molecule has 0 amide bonds. The van der Waals surface area contributed by atoms with Crippen molar-refractivity contribution in [2.24, 2.45) is 0 Å². The van der Waals surface area contributed by atoms with Gasteiger partial charge in [0, 0.05) is 16.8 Å². The summed E-state index contributed by atoms with van der Waals surface area (Å²) in [5.74, 6) is -0.658. The highest BCUT2D eigenvalue weighted by Gasteiger charge is 2.23. The molecule has 32 heavy (non-hydrogen) atoms. The van der Waals surface area contributed by atoms with Gasteiger partial charge in [-0.2, -0.15) is 5.10 Å². The van der Waals surface area contributed by atoms with E-state index in [1.165, 1.54) is 0 Å². The van der Waals surface area contributed by atoms with Crippen molar-refractivity contribution >= 4 is 11.9 Å². The Morgan fingerprint density at radius 2 is 1.66 bits per heavy atom. The van der Waals surface area contributed by atoms with Gasteiger partial charge in [0.25, 0.3) is 0 Å². The van der Waals surface area contributed by atoms with Gasteiger partial charge in [0.1, 0.15) is 5.60 Å². The fourth-order valence-corrected chi connectivity index (χ4v) is 3.53. The number of aromatic nitrogens is 2. The first-order valence-electron chi connectivity index (χ1n) is 10.8. The molecule has 0 spiro atoms. The first-order valence-corrected chi connectivity index (χ1v) is 10.8. The third-order valence-electron chi connectivity index (χ3n) is 4.95. The van der Waals surface area contributed by atoms with Crippen LogP contribution >= 0.6 is 0 Å². The van der Waals surface area contributed by atoms with Gasteiger partial charge in [-0.15, -0.1) is 0 Å². The average Bonchev–Trinajstić information content (AvgIpc) is 3.03. The van der Waals surface area contributed by atoms with Crippen LogP contribution in [0.15, 0.2) is 54.6 Å². The van der Waals surface area contributed by atoms with Crippen LogP contribution in [0.5, 0.6) is 0 Å². The Morgan fingerprint density at radius 3 is 2.31 bits per heavy atom. The van der Waals surface area contributed by atoms with Gasteiger partial charge in [-0.3, -0.25) is 9.48 Å². The van der Waals surface area contributed by atoms with Gasteiger partial charge in [-0.25, -0.2) is 4.79 Å². The second-order valence-corrected chi connectivity index (χ2v) is 8.58. The molecular formula is C26H30N2O4. The Balaban J connectivity index is 2.01. The Hall–Kier alpha value is -3.41. The van der Waals surface area contributed by atoms with Crippen molar-refractivity contribution in [3.63, 3.8) is 0 Å². The molecule has 3 aromatic rings. The third kappa shape index (κ3) is 5.63.